The van der Waals surface area contributed by atoms with Gasteiger partial charge in [-0.05, 0) is 19.8 Å². The Hall–Kier alpha value is 0.300. The Kier molecular flexibility index (Phi) is 5.01. The van der Waals surface area contributed by atoms with Gasteiger partial charge in [0.1, 0.15) is 0 Å². The third kappa shape index (κ3) is 2.95. The SMILES string of the molecule is CCN(C1=NCC(CBr)S1)C1CCCCC1. The first kappa shape index (κ1) is 12.7. The molecule has 1 fully saturated rings. The van der Waals surface area contributed by atoms with Crippen LogP contribution in [0.1, 0.15) is 39.0 Å². The van der Waals surface area contributed by atoms with Crippen molar-refractivity contribution in [2.24, 2.45) is 4.99 Å². The average Bonchev–Trinajstić information content (AvgIpc) is 2.80. The lowest BCUT2D eigenvalue weighted by Crippen LogP contribution is -2.39. The second-order valence-electron chi connectivity index (χ2n) is 4.60. The van der Waals surface area contributed by atoms with E-state index in [-0.39, 0.29) is 0 Å². The van der Waals surface area contributed by atoms with E-state index >= 15 is 0 Å². The molecule has 0 amide bonds. The van der Waals surface area contributed by atoms with Crippen LogP contribution in [0.4, 0.5) is 0 Å². The Bertz CT molecular complexity index is 251. The molecule has 0 radical (unpaired) electrons. The van der Waals surface area contributed by atoms with E-state index in [0.29, 0.717) is 5.25 Å². The quantitative estimate of drug-likeness (QED) is 0.742. The summed E-state index contributed by atoms with van der Waals surface area (Å²) < 4.78 is 0. The zero-order valence-corrected chi connectivity index (χ0v) is 12.4. The summed E-state index contributed by atoms with van der Waals surface area (Å²) in [6.07, 6.45) is 6.97. The molecular weight excluding hydrogens is 284 g/mol. The van der Waals surface area contributed by atoms with Crippen LogP contribution in [0.25, 0.3) is 0 Å². The van der Waals surface area contributed by atoms with Crippen molar-refractivity contribution in [1.29, 1.82) is 0 Å². The summed E-state index contributed by atoms with van der Waals surface area (Å²) >= 11 is 5.52. The molecular formula is C12H21BrN2S. The van der Waals surface area contributed by atoms with Crippen LogP contribution in [0.15, 0.2) is 4.99 Å². The number of nitrogens with zero attached hydrogens (tertiary/aromatic N) is 2. The fraction of sp³-hybridized carbons (Fsp3) is 0.917. The topological polar surface area (TPSA) is 15.6 Å². The van der Waals surface area contributed by atoms with E-state index in [2.05, 4.69) is 27.8 Å². The summed E-state index contributed by atoms with van der Waals surface area (Å²) in [6, 6.07) is 0.763. The van der Waals surface area contributed by atoms with Crippen molar-refractivity contribution in [2.45, 2.75) is 50.3 Å². The molecule has 1 heterocycles. The van der Waals surface area contributed by atoms with Crippen molar-refractivity contribution in [3.05, 3.63) is 0 Å². The first-order chi connectivity index (χ1) is 7.85. The molecule has 2 nitrogen and oxygen atoms in total. The van der Waals surface area contributed by atoms with Crippen molar-refractivity contribution < 1.29 is 0 Å². The Labute approximate surface area is 111 Å². The van der Waals surface area contributed by atoms with Crippen LogP contribution < -0.4 is 0 Å². The van der Waals surface area contributed by atoms with Crippen LogP contribution in [0.2, 0.25) is 0 Å². The van der Waals surface area contributed by atoms with Gasteiger partial charge in [-0.2, -0.15) is 0 Å². The molecule has 0 N–H and O–H groups in total. The Balaban J connectivity index is 1.94. The van der Waals surface area contributed by atoms with Gasteiger partial charge >= 0.3 is 0 Å². The highest BCUT2D eigenvalue weighted by molar-refractivity contribution is 9.09. The highest BCUT2D eigenvalue weighted by Gasteiger charge is 2.27. The maximum absolute atomic E-state index is 4.71. The molecule has 0 bridgehead atoms. The summed E-state index contributed by atoms with van der Waals surface area (Å²) in [6.45, 7) is 4.37. The van der Waals surface area contributed by atoms with Crippen LogP contribution in [0, 0.1) is 0 Å². The average molecular weight is 305 g/mol. The molecule has 0 aromatic heterocycles. The zero-order chi connectivity index (χ0) is 11.4. The number of alkyl halides is 1. The number of hydrogen-bond acceptors (Lipinski definition) is 3. The third-order valence-corrected chi connectivity index (χ3v) is 5.91. The first-order valence-corrected chi connectivity index (χ1v) is 8.39. The van der Waals surface area contributed by atoms with Crippen molar-refractivity contribution in [3.63, 3.8) is 0 Å². The van der Waals surface area contributed by atoms with Gasteiger partial charge in [0.15, 0.2) is 5.17 Å². The lowest BCUT2D eigenvalue weighted by Gasteiger charge is -2.34. The van der Waals surface area contributed by atoms with Gasteiger partial charge in [-0.3, -0.25) is 4.99 Å². The second-order valence-corrected chi connectivity index (χ2v) is 6.51. The molecule has 0 spiro atoms. The van der Waals surface area contributed by atoms with Gasteiger partial charge < -0.3 is 4.90 Å². The fourth-order valence-electron chi connectivity index (χ4n) is 2.58. The lowest BCUT2D eigenvalue weighted by atomic mass is 9.94. The number of aliphatic imine (C=N–C) groups is 1. The van der Waals surface area contributed by atoms with Gasteiger partial charge in [0.2, 0.25) is 0 Å². The number of amidine groups is 1. The van der Waals surface area contributed by atoms with Crippen molar-refractivity contribution in [1.82, 2.24) is 4.90 Å². The highest BCUT2D eigenvalue weighted by atomic mass is 79.9. The molecule has 0 saturated heterocycles. The van der Waals surface area contributed by atoms with Gasteiger partial charge in [0, 0.05) is 23.2 Å². The standard InChI is InChI=1S/C12H21BrN2S/c1-2-15(10-6-4-3-5-7-10)12-14-9-11(8-13)16-12/h10-11H,2-9H2,1H3. The zero-order valence-electron chi connectivity index (χ0n) is 9.99. The van der Waals surface area contributed by atoms with E-state index in [1.54, 1.807) is 0 Å². The van der Waals surface area contributed by atoms with E-state index in [1.165, 1.54) is 37.3 Å². The Morgan fingerprint density at radius 3 is 2.69 bits per heavy atom. The van der Waals surface area contributed by atoms with Gasteiger partial charge in [-0.1, -0.05) is 47.0 Å². The maximum atomic E-state index is 4.71. The predicted molar refractivity (Wildman–Crippen MR) is 76.7 cm³/mol. The maximum Gasteiger partial charge on any atom is 0.159 e. The first-order valence-electron chi connectivity index (χ1n) is 6.39. The normalized spacial score (nSPS) is 26.9. The van der Waals surface area contributed by atoms with Gasteiger partial charge in [0.05, 0.1) is 6.54 Å². The van der Waals surface area contributed by atoms with E-state index in [1.807, 2.05) is 11.8 Å². The summed E-state index contributed by atoms with van der Waals surface area (Å²) in [5, 5.41) is 3.03. The Morgan fingerprint density at radius 2 is 2.12 bits per heavy atom. The summed E-state index contributed by atoms with van der Waals surface area (Å²) in [5.41, 5.74) is 0. The molecule has 2 aliphatic rings. The third-order valence-electron chi connectivity index (χ3n) is 3.48. The lowest BCUT2D eigenvalue weighted by molar-refractivity contribution is 0.256. The minimum absolute atomic E-state index is 0.660. The number of hydrogen-bond donors (Lipinski definition) is 0. The van der Waals surface area contributed by atoms with Crippen LogP contribution in [-0.4, -0.2) is 39.8 Å². The smallest absolute Gasteiger partial charge is 0.159 e. The van der Waals surface area contributed by atoms with Crippen LogP contribution in [0.5, 0.6) is 0 Å². The van der Waals surface area contributed by atoms with E-state index < -0.39 is 0 Å². The summed E-state index contributed by atoms with van der Waals surface area (Å²) in [5.74, 6) is 0. The highest BCUT2D eigenvalue weighted by Crippen LogP contribution is 2.30. The van der Waals surface area contributed by atoms with Crippen LogP contribution in [-0.2, 0) is 0 Å². The predicted octanol–water partition coefficient (Wildman–Crippen LogP) is 3.51. The molecule has 1 unspecified atom stereocenters. The molecule has 0 aromatic rings. The van der Waals surface area contributed by atoms with Crippen LogP contribution in [0.3, 0.4) is 0 Å². The summed E-state index contributed by atoms with van der Waals surface area (Å²) in [7, 11) is 0. The summed E-state index contributed by atoms with van der Waals surface area (Å²) in [4.78, 5) is 7.26. The van der Waals surface area contributed by atoms with Gasteiger partial charge in [0.25, 0.3) is 0 Å². The van der Waals surface area contributed by atoms with Crippen molar-refractivity contribution in [2.75, 3.05) is 18.4 Å². The van der Waals surface area contributed by atoms with Crippen molar-refractivity contribution in [3.8, 4) is 0 Å². The monoisotopic (exact) mass is 304 g/mol. The molecule has 1 aliphatic heterocycles. The van der Waals surface area contributed by atoms with Crippen LogP contribution >= 0.6 is 27.7 Å². The fourth-order valence-corrected chi connectivity index (χ4v) is 4.26. The molecule has 4 heteroatoms. The largest absolute Gasteiger partial charge is 0.349 e. The van der Waals surface area contributed by atoms with E-state index in [4.69, 9.17) is 4.99 Å². The molecule has 0 aromatic carbocycles. The minimum Gasteiger partial charge on any atom is -0.349 e. The molecule has 2 rings (SSSR count). The molecule has 1 saturated carbocycles. The van der Waals surface area contributed by atoms with Crippen molar-refractivity contribution >= 4 is 32.9 Å². The molecule has 1 atom stereocenters. The number of thioether (sulfide) groups is 1. The molecule has 92 valence electrons. The number of halogens is 1. The second kappa shape index (κ2) is 6.29. The number of rotatable bonds is 3. The van der Waals surface area contributed by atoms with Gasteiger partial charge in [-0.15, -0.1) is 0 Å². The minimum atomic E-state index is 0.660. The van der Waals surface area contributed by atoms with Gasteiger partial charge in [-0.25, -0.2) is 0 Å². The van der Waals surface area contributed by atoms with E-state index in [9.17, 15) is 0 Å². The molecule has 16 heavy (non-hydrogen) atoms. The van der Waals surface area contributed by atoms with E-state index in [0.717, 1.165) is 24.5 Å². The Morgan fingerprint density at radius 1 is 1.38 bits per heavy atom. The molecule has 1 aliphatic carbocycles.